The number of hydrogen-bond acceptors (Lipinski definition) is 3. The molecule has 0 bridgehead atoms. The zero-order chi connectivity index (χ0) is 17.0. The molecular formula is C20H27N3O. The summed E-state index contributed by atoms with van der Waals surface area (Å²) in [7, 11) is 0. The van der Waals surface area contributed by atoms with Gasteiger partial charge in [-0.25, -0.2) is 5.43 Å². The Morgan fingerprint density at radius 2 is 1.79 bits per heavy atom. The van der Waals surface area contributed by atoms with Crippen LogP contribution in [0.3, 0.4) is 0 Å². The second-order valence-corrected chi connectivity index (χ2v) is 5.86. The summed E-state index contributed by atoms with van der Waals surface area (Å²) in [6, 6.07) is 17.8. The fourth-order valence-electron chi connectivity index (χ4n) is 2.43. The zero-order valence-corrected chi connectivity index (χ0v) is 14.3. The number of benzene rings is 2. The zero-order valence-electron chi connectivity index (χ0n) is 14.3. The number of nitrogens with one attached hydrogen (secondary N) is 3. The summed E-state index contributed by atoms with van der Waals surface area (Å²) in [6.07, 6.45) is 4.73. The van der Waals surface area contributed by atoms with Crippen molar-refractivity contribution in [3.8, 4) is 0 Å². The van der Waals surface area contributed by atoms with E-state index in [0.29, 0.717) is 5.56 Å². The average Bonchev–Trinajstić information content (AvgIpc) is 2.64. The van der Waals surface area contributed by atoms with Crippen LogP contribution in [0.2, 0.25) is 0 Å². The average molecular weight is 325 g/mol. The first kappa shape index (κ1) is 18.0. The Labute approximate surface area is 144 Å². The topological polar surface area (TPSA) is 53.2 Å². The van der Waals surface area contributed by atoms with E-state index in [0.717, 1.165) is 25.2 Å². The molecule has 4 heteroatoms. The Hall–Kier alpha value is -2.33. The van der Waals surface area contributed by atoms with E-state index in [1.807, 2.05) is 42.5 Å². The number of carbonyl (C=O) groups is 1. The summed E-state index contributed by atoms with van der Waals surface area (Å²) in [5, 5.41) is 3.35. The van der Waals surface area contributed by atoms with Gasteiger partial charge in [-0.2, -0.15) is 0 Å². The van der Waals surface area contributed by atoms with Crippen molar-refractivity contribution >= 4 is 11.6 Å². The summed E-state index contributed by atoms with van der Waals surface area (Å²) in [5.41, 5.74) is 8.56. The highest BCUT2D eigenvalue weighted by atomic mass is 16.2. The molecule has 4 nitrogen and oxygen atoms in total. The van der Waals surface area contributed by atoms with E-state index in [1.165, 1.54) is 24.8 Å². The Kier molecular flexibility index (Phi) is 7.84. The molecule has 2 aromatic rings. The summed E-state index contributed by atoms with van der Waals surface area (Å²) in [4.78, 5) is 12.2. The molecule has 24 heavy (non-hydrogen) atoms. The lowest BCUT2D eigenvalue weighted by atomic mass is 10.1. The van der Waals surface area contributed by atoms with Crippen LogP contribution in [-0.2, 0) is 6.54 Å². The number of anilines is 1. The summed E-state index contributed by atoms with van der Waals surface area (Å²) >= 11 is 0. The molecule has 128 valence electrons. The SMILES string of the molecule is CCCCCCNNC(=O)c1cccc(NCc2ccccc2)c1. The van der Waals surface area contributed by atoms with Gasteiger partial charge >= 0.3 is 0 Å². The molecule has 0 aliphatic rings. The van der Waals surface area contributed by atoms with E-state index >= 15 is 0 Å². The molecule has 0 atom stereocenters. The van der Waals surface area contributed by atoms with Crippen LogP contribution in [-0.4, -0.2) is 12.5 Å². The van der Waals surface area contributed by atoms with Crippen molar-refractivity contribution in [1.82, 2.24) is 10.9 Å². The predicted molar refractivity (Wildman–Crippen MR) is 99.8 cm³/mol. The molecule has 0 aromatic heterocycles. The molecule has 0 fully saturated rings. The lowest BCUT2D eigenvalue weighted by Crippen LogP contribution is -2.37. The van der Waals surface area contributed by atoms with Crippen LogP contribution in [0.4, 0.5) is 5.69 Å². The third-order valence-corrected chi connectivity index (χ3v) is 3.82. The highest BCUT2D eigenvalue weighted by Gasteiger charge is 2.05. The van der Waals surface area contributed by atoms with E-state index < -0.39 is 0 Å². The summed E-state index contributed by atoms with van der Waals surface area (Å²) in [5.74, 6) is -0.103. The minimum absolute atomic E-state index is 0.103. The highest BCUT2D eigenvalue weighted by Crippen LogP contribution is 2.12. The van der Waals surface area contributed by atoms with Crippen LogP contribution in [0.1, 0.15) is 48.5 Å². The number of hydrazine groups is 1. The van der Waals surface area contributed by atoms with Crippen LogP contribution in [0.15, 0.2) is 54.6 Å². The number of amides is 1. The van der Waals surface area contributed by atoms with Crippen LogP contribution in [0.5, 0.6) is 0 Å². The fourth-order valence-corrected chi connectivity index (χ4v) is 2.43. The monoisotopic (exact) mass is 325 g/mol. The minimum atomic E-state index is -0.103. The maximum Gasteiger partial charge on any atom is 0.265 e. The molecule has 0 spiro atoms. The van der Waals surface area contributed by atoms with Gasteiger partial charge in [-0.3, -0.25) is 10.2 Å². The molecule has 2 rings (SSSR count). The van der Waals surface area contributed by atoms with Crippen molar-refractivity contribution in [3.63, 3.8) is 0 Å². The van der Waals surface area contributed by atoms with Gasteiger partial charge in [-0.15, -0.1) is 0 Å². The van der Waals surface area contributed by atoms with Crippen molar-refractivity contribution in [2.45, 2.75) is 39.2 Å². The highest BCUT2D eigenvalue weighted by molar-refractivity contribution is 5.94. The maximum atomic E-state index is 12.2. The third kappa shape index (κ3) is 6.42. The maximum absolute atomic E-state index is 12.2. The second-order valence-electron chi connectivity index (χ2n) is 5.86. The van der Waals surface area contributed by atoms with Gasteiger partial charge in [-0.1, -0.05) is 62.6 Å². The van der Waals surface area contributed by atoms with Gasteiger partial charge < -0.3 is 5.32 Å². The number of unbranched alkanes of at least 4 members (excludes halogenated alkanes) is 3. The van der Waals surface area contributed by atoms with Gasteiger partial charge in [0.15, 0.2) is 0 Å². The third-order valence-electron chi connectivity index (χ3n) is 3.82. The summed E-state index contributed by atoms with van der Waals surface area (Å²) in [6.45, 7) is 3.73. The molecule has 0 radical (unpaired) electrons. The van der Waals surface area contributed by atoms with E-state index in [1.54, 1.807) is 0 Å². The molecule has 2 aromatic carbocycles. The van der Waals surface area contributed by atoms with Gasteiger partial charge in [0.25, 0.3) is 5.91 Å². The van der Waals surface area contributed by atoms with Gasteiger partial charge in [0.1, 0.15) is 0 Å². The van der Waals surface area contributed by atoms with Crippen molar-refractivity contribution < 1.29 is 4.79 Å². The molecule has 0 aliphatic carbocycles. The normalized spacial score (nSPS) is 10.4. The number of carbonyl (C=O) groups excluding carboxylic acids is 1. The Morgan fingerprint density at radius 3 is 2.58 bits per heavy atom. The van der Waals surface area contributed by atoms with Crippen molar-refractivity contribution in [2.75, 3.05) is 11.9 Å². The van der Waals surface area contributed by atoms with Gasteiger partial charge in [0.2, 0.25) is 0 Å². The smallest absolute Gasteiger partial charge is 0.265 e. The minimum Gasteiger partial charge on any atom is -0.381 e. The Morgan fingerprint density at radius 1 is 0.958 bits per heavy atom. The van der Waals surface area contributed by atoms with Crippen LogP contribution in [0, 0.1) is 0 Å². The van der Waals surface area contributed by atoms with E-state index in [-0.39, 0.29) is 5.91 Å². The van der Waals surface area contributed by atoms with E-state index in [4.69, 9.17) is 0 Å². The largest absolute Gasteiger partial charge is 0.381 e. The second kappa shape index (κ2) is 10.4. The lowest BCUT2D eigenvalue weighted by molar-refractivity contribution is 0.0933. The number of rotatable bonds is 10. The van der Waals surface area contributed by atoms with E-state index in [9.17, 15) is 4.79 Å². The Balaban J connectivity index is 1.77. The van der Waals surface area contributed by atoms with Crippen molar-refractivity contribution in [3.05, 3.63) is 65.7 Å². The molecule has 0 saturated heterocycles. The molecule has 0 aliphatic heterocycles. The molecule has 0 saturated carbocycles. The van der Waals surface area contributed by atoms with E-state index in [2.05, 4.69) is 35.2 Å². The first-order chi connectivity index (χ1) is 11.8. The molecule has 0 heterocycles. The molecule has 3 N–H and O–H groups in total. The fraction of sp³-hybridized carbons (Fsp3) is 0.350. The first-order valence-electron chi connectivity index (χ1n) is 8.70. The van der Waals surface area contributed by atoms with Gasteiger partial charge in [0, 0.05) is 24.3 Å². The molecular weight excluding hydrogens is 298 g/mol. The Bertz CT molecular complexity index is 613. The van der Waals surface area contributed by atoms with Crippen molar-refractivity contribution in [1.29, 1.82) is 0 Å². The summed E-state index contributed by atoms with van der Waals surface area (Å²) < 4.78 is 0. The van der Waals surface area contributed by atoms with Crippen LogP contribution < -0.4 is 16.2 Å². The van der Waals surface area contributed by atoms with Crippen LogP contribution in [0.25, 0.3) is 0 Å². The number of hydrogen-bond donors (Lipinski definition) is 3. The van der Waals surface area contributed by atoms with Gasteiger partial charge in [0.05, 0.1) is 0 Å². The first-order valence-corrected chi connectivity index (χ1v) is 8.70. The quantitative estimate of drug-likeness (QED) is 0.455. The standard InChI is InChI=1S/C20H27N3O/c1-2-3-4-8-14-22-23-20(24)18-12-9-13-19(15-18)21-16-17-10-6-5-7-11-17/h5-7,9-13,15,21-22H,2-4,8,14,16H2,1H3,(H,23,24). The van der Waals surface area contributed by atoms with Crippen molar-refractivity contribution in [2.24, 2.45) is 0 Å². The van der Waals surface area contributed by atoms with Gasteiger partial charge in [-0.05, 0) is 30.2 Å². The molecule has 0 unspecified atom stereocenters. The predicted octanol–water partition coefficient (Wildman–Crippen LogP) is 4.11. The molecule has 1 amide bonds. The lowest BCUT2D eigenvalue weighted by Gasteiger charge is -2.10. The van der Waals surface area contributed by atoms with Crippen LogP contribution >= 0.6 is 0 Å².